The van der Waals surface area contributed by atoms with Crippen molar-refractivity contribution in [3.8, 4) is 0 Å². The summed E-state index contributed by atoms with van der Waals surface area (Å²) in [4.78, 5) is 23.6. The Kier molecular flexibility index (Phi) is 5.51. The lowest BCUT2D eigenvalue weighted by molar-refractivity contribution is -0.146. The van der Waals surface area contributed by atoms with Gasteiger partial charge in [-0.25, -0.2) is 4.79 Å². The number of benzene rings is 1. The van der Waals surface area contributed by atoms with Crippen LogP contribution in [0.1, 0.15) is 24.5 Å². The normalized spacial score (nSPS) is 11.9. The second kappa shape index (κ2) is 6.89. The Morgan fingerprint density at radius 3 is 2.26 bits per heavy atom. The maximum Gasteiger partial charge on any atom is 0.330 e. The Bertz CT molecular complexity index is 443. The third kappa shape index (κ3) is 4.37. The molecule has 1 atom stereocenters. The largest absolute Gasteiger partial charge is 0.480 e. The molecule has 1 aromatic carbocycles. The number of aliphatic carboxylic acids is 1. The van der Waals surface area contributed by atoms with E-state index in [0.717, 1.165) is 18.4 Å². The van der Waals surface area contributed by atoms with Crippen molar-refractivity contribution >= 4 is 11.9 Å². The van der Waals surface area contributed by atoms with Crippen molar-refractivity contribution in [3.63, 3.8) is 0 Å². The average molecular weight is 264 g/mol. The fourth-order valence-electron chi connectivity index (χ4n) is 1.79. The zero-order valence-corrected chi connectivity index (χ0v) is 11.3. The molecule has 19 heavy (non-hydrogen) atoms. The van der Waals surface area contributed by atoms with Crippen molar-refractivity contribution in [2.24, 2.45) is 5.73 Å². The number of likely N-dealkylation sites (N-methyl/N-ethyl adjacent to an activating group) is 1. The molecule has 0 heterocycles. The molecule has 0 saturated carbocycles. The molecule has 0 aliphatic heterocycles. The summed E-state index contributed by atoms with van der Waals surface area (Å²) >= 11 is 0. The van der Waals surface area contributed by atoms with Gasteiger partial charge in [0.15, 0.2) is 6.04 Å². The number of rotatable bonds is 6. The maximum absolute atomic E-state index is 11.7. The van der Waals surface area contributed by atoms with Gasteiger partial charge in [0, 0.05) is 13.6 Å². The van der Waals surface area contributed by atoms with Crippen LogP contribution in [0.25, 0.3) is 0 Å². The van der Waals surface area contributed by atoms with Crippen LogP contribution >= 0.6 is 0 Å². The van der Waals surface area contributed by atoms with Crippen LogP contribution in [-0.2, 0) is 22.6 Å². The lowest BCUT2D eigenvalue weighted by Crippen LogP contribution is -2.46. The minimum atomic E-state index is -1.50. The number of carboxylic acid groups (broad SMARTS) is 1. The van der Waals surface area contributed by atoms with Crippen molar-refractivity contribution in [2.45, 2.75) is 32.4 Å². The molecule has 0 radical (unpaired) electrons. The van der Waals surface area contributed by atoms with E-state index in [4.69, 9.17) is 10.8 Å². The van der Waals surface area contributed by atoms with E-state index < -0.39 is 17.9 Å². The zero-order valence-electron chi connectivity index (χ0n) is 11.3. The Balaban J connectivity index is 2.63. The summed E-state index contributed by atoms with van der Waals surface area (Å²) in [5.41, 5.74) is 7.49. The van der Waals surface area contributed by atoms with E-state index in [2.05, 4.69) is 6.92 Å². The van der Waals surface area contributed by atoms with Crippen LogP contribution in [0.5, 0.6) is 0 Å². The summed E-state index contributed by atoms with van der Waals surface area (Å²) in [6.45, 7) is 2.47. The smallest absolute Gasteiger partial charge is 0.330 e. The van der Waals surface area contributed by atoms with Crippen LogP contribution < -0.4 is 5.73 Å². The first-order chi connectivity index (χ1) is 8.95. The SMILES string of the molecule is CCCc1ccc(CN(C)C(=O)C(N)C(=O)O)cc1. The highest BCUT2D eigenvalue weighted by Crippen LogP contribution is 2.09. The third-order valence-corrected chi connectivity index (χ3v) is 2.89. The highest BCUT2D eigenvalue weighted by molar-refractivity contribution is 6.00. The number of hydrogen-bond acceptors (Lipinski definition) is 3. The maximum atomic E-state index is 11.7. The van der Waals surface area contributed by atoms with E-state index in [1.54, 1.807) is 7.05 Å². The molecule has 0 saturated heterocycles. The highest BCUT2D eigenvalue weighted by atomic mass is 16.4. The lowest BCUT2D eigenvalue weighted by Gasteiger charge is -2.19. The monoisotopic (exact) mass is 264 g/mol. The Morgan fingerprint density at radius 1 is 1.26 bits per heavy atom. The van der Waals surface area contributed by atoms with E-state index in [9.17, 15) is 9.59 Å². The van der Waals surface area contributed by atoms with Gasteiger partial charge in [0.2, 0.25) is 0 Å². The zero-order chi connectivity index (χ0) is 14.4. The topological polar surface area (TPSA) is 83.6 Å². The molecule has 1 amide bonds. The van der Waals surface area contributed by atoms with Crippen molar-refractivity contribution in [2.75, 3.05) is 7.05 Å². The molecule has 1 unspecified atom stereocenters. The quantitative estimate of drug-likeness (QED) is 0.751. The first-order valence-corrected chi connectivity index (χ1v) is 6.27. The number of nitrogens with two attached hydrogens (primary N) is 1. The molecule has 0 aliphatic carbocycles. The van der Waals surface area contributed by atoms with Crippen molar-refractivity contribution in [1.82, 2.24) is 4.90 Å². The second-order valence-corrected chi connectivity index (χ2v) is 4.58. The third-order valence-electron chi connectivity index (χ3n) is 2.89. The molecule has 0 aliphatic rings. The van der Waals surface area contributed by atoms with Gasteiger partial charge in [-0.3, -0.25) is 4.79 Å². The van der Waals surface area contributed by atoms with Gasteiger partial charge in [-0.15, -0.1) is 0 Å². The first kappa shape index (κ1) is 15.2. The molecule has 104 valence electrons. The summed E-state index contributed by atoms with van der Waals surface area (Å²) < 4.78 is 0. The molecular weight excluding hydrogens is 244 g/mol. The van der Waals surface area contributed by atoms with E-state index >= 15 is 0 Å². The summed E-state index contributed by atoms with van der Waals surface area (Å²) in [5.74, 6) is -1.90. The predicted octanol–water partition coefficient (Wildman–Crippen LogP) is 1.01. The molecular formula is C14H20N2O3. The van der Waals surface area contributed by atoms with Gasteiger partial charge in [0.25, 0.3) is 5.91 Å². The van der Waals surface area contributed by atoms with Gasteiger partial charge >= 0.3 is 5.97 Å². The molecule has 0 aromatic heterocycles. The molecule has 5 nitrogen and oxygen atoms in total. The molecule has 0 fully saturated rings. The van der Waals surface area contributed by atoms with Crippen molar-refractivity contribution in [1.29, 1.82) is 0 Å². The Morgan fingerprint density at radius 2 is 1.79 bits per heavy atom. The first-order valence-electron chi connectivity index (χ1n) is 6.27. The van der Waals surface area contributed by atoms with Gasteiger partial charge < -0.3 is 15.7 Å². The standard InChI is InChI=1S/C14H20N2O3/c1-3-4-10-5-7-11(8-6-10)9-16(2)13(17)12(15)14(18)19/h5-8,12H,3-4,9,15H2,1-2H3,(H,18,19). The van der Waals surface area contributed by atoms with Crippen molar-refractivity contribution in [3.05, 3.63) is 35.4 Å². The molecule has 0 bridgehead atoms. The van der Waals surface area contributed by atoms with E-state index in [1.807, 2.05) is 24.3 Å². The summed E-state index contributed by atoms with van der Waals surface area (Å²) in [6.07, 6.45) is 2.12. The summed E-state index contributed by atoms with van der Waals surface area (Å²) in [5, 5.41) is 8.69. The molecule has 5 heteroatoms. The minimum absolute atomic E-state index is 0.353. The Labute approximate surface area is 113 Å². The summed E-state index contributed by atoms with van der Waals surface area (Å²) in [7, 11) is 1.55. The molecule has 3 N–H and O–H groups in total. The molecule has 1 rings (SSSR count). The Hall–Kier alpha value is -1.88. The number of carbonyl (C=O) groups excluding carboxylic acids is 1. The van der Waals surface area contributed by atoms with Crippen LogP contribution in [-0.4, -0.2) is 35.0 Å². The number of hydrogen-bond donors (Lipinski definition) is 2. The number of carboxylic acids is 1. The fourth-order valence-corrected chi connectivity index (χ4v) is 1.79. The fraction of sp³-hybridized carbons (Fsp3) is 0.429. The van der Waals surface area contributed by atoms with Crippen LogP contribution in [0.4, 0.5) is 0 Å². The van der Waals surface area contributed by atoms with Crippen LogP contribution in [0.2, 0.25) is 0 Å². The van der Waals surface area contributed by atoms with Gasteiger partial charge in [-0.2, -0.15) is 0 Å². The number of amides is 1. The van der Waals surface area contributed by atoms with Crippen molar-refractivity contribution < 1.29 is 14.7 Å². The van der Waals surface area contributed by atoms with E-state index in [-0.39, 0.29) is 0 Å². The average Bonchev–Trinajstić information content (AvgIpc) is 2.39. The van der Waals surface area contributed by atoms with Crippen LogP contribution in [0, 0.1) is 0 Å². The molecule has 1 aromatic rings. The minimum Gasteiger partial charge on any atom is -0.480 e. The van der Waals surface area contributed by atoms with E-state index in [1.165, 1.54) is 10.5 Å². The van der Waals surface area contributed by atoms with Crippen LogP contribution in [0.3, 0.4) is 0 Å². The van der Waals surface area contributed by atoms with Gasteiger partial charge in [-0.1, -0.05) is 37.6 Å². The van der Waals surface area contributed by atoms with Crippen LogP contribution in [0.15, 0.2) is 24.3 Å². The number of nitrogens with zero attached hydrogens (tertiary/aromatic N) is 1. The lowest BCUT2D eigenvalue weighted by atomic mass is 10.1. The summed E-state index contributed by atoms with van der Waals surface area (Å²) in [6, 6.07) is 6.44. The second-order valence-electron chi connectivity index (χ2n) is 4.58. The van der Waals surface area contributed by atoms with Gasteiger partial charge in [0.1, 0.15) is 0 Å². The van der Waals surface area contributed by atoms with E-state index in [0.29, 0.717) is 6.54 Å². The number of carbonyl (C=O) groups is 2. The number of aryl methyl sites for hydroxylation is 1. The predicted molar refractivity (Wildman–Crippen MR) is 72.5 cm³/mol. The highest BCUT2D eigenvalue weighted by Gasteiger charge is 2.24. The van der Waals surface area contributed by atoms with Gasteiger partial charge in [0.05, 0.1) is 0 Å². The van der Waals surface area contributed by atoms with Gasteiger partial charge in [-0.05, 0) is 17.5 Å². The molecule has 0 spiro atoms.